The zero-order valence-corrected chi connectivity index (χ0v) is 21.1. The van der Waals surface area contributed by atoms with Crippen LogP contribution in [0.5, 0.6) is 0 Å². The Hall–Kier alpha value is -2.20. The predicted molar refractivity (Wildman–Crippen MR) is 131 cm³/mol. The summed E-state index contributed by atoms with van der Waals surface area (Å²) in [6.07, 6.45) is 3.58. The van der Waals surface area contributed by atoms with Crippen molar-refractivity contribution < 1.29 is 13.2 Å². The van der Waals surface area contributed by atoms with E-state index < -0.39 is 10.0 Å². The second kappa shape index (κ2) is 9.97. The van der Waals surface area contributed by atoms with E-state index in [-0.39, 0.29) is 11.0 Å². The number of sulfonamides is 1. The maximum absolute atomic E-state index is 12.7. The Bertz CT molecular complexity index is 1210. The molecule has 0 amide bonds. The lowest BCUT2D eigenvalue weighted by atomic mass is 10.1. The van der Waals surface area contributed by atoms with Gasteiger partial charge in [0, 0.05) is 32.0 Å². The number of hydrogen-bond donors (Lipinski definition) is 0. The average Bonchev–Trinajstić information content (AvgIpc) is 3.22. The first-order chi connectivity index (χ1) is 15.8. The van der Waals surface area contributed by atoms with E-state index >= 15 is 0 Å². The lowest BCUT2D eigenvalue weighted by molar-refractivity contribution is 0.0315. The smallest absolute Gasteiger partial charge is 0.242 e. The van der Waals surface area contributed by atoms with Crippen LogP contribution < -0.4 is 0 Å². The molecule has 9 heteroatoms. The largest absolute Gasteiger partial charge is 0.377 e. The molecule has 1 saturated heterocycles. The van der Waals surface area contributed by atoms with Crippen LogP contribution in [-0.4, -0.2) is 60.0 Å². The van der Waals surface area contributed by atoms with Crippen LogP contribution in [0.3, 0.4) is 0 Å². The monoisotopic (exact) mass is 486 g/mol. The highest BCUT2D eigenvalue weighted by atomic mass is 32.2. The van der Waals surface area contributed by atoms with Crippen LogP contribution in [0.2, 0.25) is 0 Å². The molecule has 0 N–H and O–H groups in total. The van der Waals surface area contributed by atoms with Gasteiger partial charge in [-0.05, 0) is 56.4 Å². The standard InChI is InChI=1S/C24H30N4O3S2/c1-17-9-7-10-18(2)22(17)28-23(19-11-8-13-21(15-19)33(29,30)27(3)4)25-26-24(28)32-16-20-12-5-6-14-31-20/h7-11,13,15,20H,5-6,12,14,16H2,1-4H3/t20-/m1/s1. The summed E-state index contributed by atoms with van der Waals surface area (Å²) in [5.41, 5.74) is 3.92. The Morgan fingerprint density at radius 2 is 1.82 bits per heavy atom. The molecule has 4 rings (SSSR count). The van der Waals surface area contributed by atoms with Crippen molar-refractivity contribution in [3.63, 3.8) is 0 Å². The van der Waals surface area contributed by atoms with Crippen LogP contribution in [0.25, 0.3) is 17.1 Å². The summed E-state index contributed by atoms with van der Waals surface area (Å²) in [5.74, 6) is 1.42. The molecule has 3 aromatic rings. The number of para-hydroxylation sites is 1. The molecule has 2 heterocycles. The number of hydrogen-bond acceptors (Lipinski definition) is 6. The van der Waals surface area contributed by atoms with E-state index in [1.807, 2.05) is 12.1 Å². The second-order valence-corrected chi connectivity index (χ2v) is 11.6. The molecule has 1 atom stereocenters. The van der Waals surface area contributed by atoms with Crippen molar-refractivity contribution in [1.29, 1.82) is 0 Å². The van der Waals surface area contributed by atoms with Crippen molar-refractivity contribution in [3.8, 4) is 17.1 Å². The van der Waals surface area contributed by atoms with Gasteiger partial charge in [0.2, 0.25) is 10.0 Å². The number of aryl methyl sites for hydroxylation is 2. The zero-order valence-electron chi connectivity index (χ0n) is 19.5. The topological polar surface area (TPSA) is 77.3 Å². The molecule has 0 bridgehead atoms. The van der Waals surface area contributed by atoms with Gasteiger partial charge in [-0.25, -0.2) is 12.7 Å². The first kappa shape index (κ1) is 23.9. The van der Waals surface area contributed by atoms with Gasteiger partial charge in [0.1, 0.15) is 0 Å². The van der Waals surface area contributed by atoms with Gasteiger partial charge in [0.15, 0.2) is 11.0 Å². The molecule has 1 aliphatic heterocycles. The van der Waals surface area contributed by atoms with Crippen LogP contribution in [-0.2, 0) is 14.8 Å². The minimum absolute atomic E-state index is 0.212. The van der Waals surface area contributed by atoms with Gasteiger partial charge in [-0.3, -0.25) is 4.57 Å². The van der Waals surface area contributed by atoms with E-state index in [2.05, 4.69) is 40.7 Å². The van der Waals surface area contributed by atoms with Crippen molar-refractivity contribution in [2.24, 2.45) is 0 Å². The molecule has 0 saturated carbocycles. The normalized spacial score (nSPS) is 16.9. The van der Waals surface area contributed by atoms with Crippen LogP contribution >= 0.6 is 11.8 Å². The van der Waals surface area contributed by atoms with Crippen LogP contribution in [0.4, 0.5) is 0 Å². The van der Waals surface area contributed by atoms with Gasteiger partial charge in [-0.1, -0.05) is 42.1 Å². The minimum atomic E-state index is -3.57. The zero-order chi connectivity index (χ0) is 23.6. The highest BCUT2D eigenvalue weighted by Crippen LogP contribution is 2.33. The molecule has 0 unspecified atom stereocenters. The summed E-state index contributed by atoms with van der Waals surface area (Å²) in [4.78, 5) is 0.228. The molecule has 2 aromatic carbocycles. The summed E-state index contributed by atoms with van der Waals surface area (Å²) in [7, 11) is -0.503. The number of aromatic nitrogens is 3. The molecule has 0 spiro atoms. The number of thioether (sulfide) groups is 1. The van der Waals surface area contributed by atoms with Gasteiger partial charge in [0.05, 0.1) is 16.7 Å². The molecule has 7 nitrogen and oxygen atoms in total. The molecule has 0 aliphatic carbocycles. The molecule has 1 fully saturated rings. The highest BCUT2D eigenvalue weighted by molar-refractivity contribution is 7.99. The van der Waals surface area contributed by atoms with E-state index in [0.717, 1.165) is 47.2 Å². The molecule has 33 heavy (non-hydrogen) atoms. The molecular formula is C24H30N4O3S2. The highest BCUT2D eigenvalue weighted by Gasteiger charge is 2.23. The van der Waals surface area contributed by atoms with Crippen molar-refractivity contribution in [2.75, 3.05) is 26.5 Å². The quantitative estimate of drug-likeness (QED) is 0.459. The fourth-order valence-electron chi connectivity index (χ4n) is 4.02. The van der Waals surface area contributed by atoms with Crippen LogP contribution in [0, 0.1) is 13.8 Å². The Morgan fingerprint density at radius 1 is 1.09 bits per heavy atom. The third kappa shape index (κ3) is 5.01. The Kier molecular flexibility index (Phi) is 7.23. The van der Waals surface area contributed by atoms with Gasteiger partial charge < -0.3 is 4.74 Å². The van der Waals surface area contributed by atoms with Gasteiger partial charge in [-0.15, -0.1) is 10.2 Å². The van der Waals surface area contributed by atoms with Crippen molar-refractivity contribution in [1.82, 2.24) is 19.1 Å². The Balaban J connectivity index is 1.80. The lowest BCUT2D eigenvalue weighted by Crippen LogP contribution is -2.22. The maximum Gasteiger partial charge on any atom is 0.242 e. The summed E-state index contributed by atoms with van der Waals surface area (Å²) >= 11 is 1.63. The average molecular weight is 487 g/mol. The van der Waals surface area contributed by atoms with Gasteiger partial charge in [-0.2, -0.15) is 0 Å². The fraction of sp³-hybridized carbons (Fsp3) is 0.417. The SMILES string of the molecule is Cc1cccc(C)c1-n1c(SC[C@H]2CCCCO2)nnc1-c1cccc(S(=O)(=O)N(C)C)c1. The summed E-state index contributed by atoms with van der Waals surface area (Å²) in [5, 5.41) is 9.82. The van der Waals surface area contributed by atoms with Crippen LogP contribution in [0.1, 0.15) is 30.4 Å². The number of rotatable bonds is 7. The summed E-state index contributed by atoms with van der Waals surface area (Å²) in [6.45, 7) is 4.95. The predicted octanol–water partition coefficient (Wildman–Crippen LogP) is 4.46. The van der Waals surface area contributed by atoms with E-state index in [0.29, 0.717) is 11.4 Å². The van der Waals surface area contributed by atoms with E-state index in [9.17, 15) is 8.42 Å². The van der Waals surface area contributed by atoms with Gasteiger partial charge >= 0.3 is 0 Å². The third-order valence-corrected chi connectivity index (χ3v) is 8.71. The molecule has 0 radical (unpaired) electrons. The minimum Gasteiger partial charge on any atom is -0.377 e. The fourth-order valence-corrected chi connectivity index (χ4v) is 5.97. The number of ether oxygens (including phenoxy) is 1. The van der Waals surface area contributed by atoms with E-state index in [1.54, 1.807) is 30.0 Å². The lowest BCUT2D eigenvalue weighted by Gasteiger charge is -2.22. The van der Waals surface area contributed by atoms with Crippen molar-refractivity contribution in [2.45, 2.75) is 49.3 Å². The maximum atomic E-state index is 12.7. The molecule has 176 valence electrons. The molecular weight excluding hydrogens is 456 g/mol. The Morgan fingerprint density at radius 3 is 2.48 bits per heavy atom. The van der Waals surface area contributed by atoms with Gasteiger partial charge in [0.25, 0.3) is 0 Å². The van der Waals surface area contributed by atoms with Crippen LogP contribution in [0.15, 0.2) is 52.5 Å². The molecule has 1 aliphatic rings. The molecule has 1 aromatic heterocycles. The van der Waals surface area contributed by atoms with E-state index in [4.69, 9.17) is 4.74 Å². The Labute approximate surface area is 200 Å². The van der Waals surface area contributed by atoms with Crippen molar-refractivity contribution >= 4 is 21.8 Å². The van der Waals surface area contributed by atoms with E-state index in [1.165, 1.54) is 24.8 Å². The first-order valence-electron chi connectivity index (χ1n) is 11.1. The number of nitrogens with zero attached hydrogens (tertiary/aromatic N) is 4. The first-order valence-corrected chi connectivity index (χ1v) is 13.5. The van der Waals surface area contributed by atoms with Crippen molar-refractivity contribution in [3.05, 3.63) is 53.6 Å². The number of benzene rings is 2. The third-order valence-electron chi connectivity index (χ3n) is 5.84. The summed E-state index contributed by atoms with van der Waals surface area (Å²) in [6, 6.07) is 13.1. The second-order valence-electron chi connectivity index (χ2n) is 8.50. The summed E-state index contributed by atoms with van der Waals surface area (Å²) < 4.78 is 34.6.